The van der Waals surface area contributed by atoms with Crippen LogP contribution >= 0.6 is 0 Å². The minimum atomic E-state index is 1.13. The first kappa shape index (κ1) is 3.92. The van der Waals surface area contributed by atoms with Gasteiger partial charge in [-0.3, -0.25) is 0 Å². The molecule has 0 spiro atoms. The van der Waals surface area contributed by atoms with Gasteiger partial charge in [0.15, 0.2) is 0 Å². The van der Waals surface area contributed by atoms with Gasteiger partial charge in [0.05, 0.1) is 0 Å². The van der Waals surface area contributed by atoms with Crippen molar-refractivity contribution in [1.29, 1.82) is 0 Å². The molecule has 0 radical (unpaired) electrons. The van der Waals surface area contributed by atoms with Gasteiger partial charge in [-0.05, 0) is 42.4 Å². The first-order valence-electron chi connectivity index (χ1n) is 3.88. The molecule has 4 bridgehead atoms. The van der Waals surface area contributed by atoms with E-state index in [0.29, 0.717) is 0 Å². The molecular weight excluding hydrogens is 96.1 g/mol. The second kappa shape index (κ2) is 0.872. The van der Waals surface area contributed by atoms with Crippen LogP contribution in [0.2, 0.25) is 0 Å². The molecule has 4 saturated carbocycles. The van der Waals surface area contributed by atoms with Gasteiger partial charge in [-0.25, -0.2) is 0 Å². The van der Waals surface area contributed by atoms with Crippen LogP contribution in [0, 0.1) is 29.6 Å². The molecule has 0 aromatic carbocycles. The second-order valence-corrected chi connectivity index (χ2v) is 4.00. The maximum atomic E-state index is 2.46. The summed E-state index contributed by atoms with van der Waals surface area (Å²) in [5.41, 5.74) is 0. The Kier molecular flexibility index (Phi) is 0.427. The smallest absolute Gasteiger partial charge is 0.0323 e. The van der Waals surface area contributed by atoms with E-state index in [9.17, 15) is 0 Å². The lowest BCUT2D eigenvalue weighted by molar-refractivity contribution is 0.451. The van der Waals surface area contributed by atoms with Crippen LogP contribution in [-0.2, 0) is 0 Å². The quantitative estimate of drug-likeness (QED) is 0.444. The van der Waals surface area contributed by atoms with Crippen LogP contribution in [0.5, 0.6) is 0 Å². The Morgan fingerprint density at radius 3 is 1.88 bits per heavy atom. The average molecular weight is 108 g/mol. The van der Waals surface area contributed by atoms with Crippen LogP contribution in [0.1, 0.15) is 19.8 Å². The summed E-state index contributed by atoms with van der Waals surface area (Å²) < 4.78 is 0. The SMILES string of the molecule is CC1C2CC3C(C2)C13. The zero-order chi connectivity index (χ0) is 5.30. The van der Waals surface area contributed by atoms with E-state index in [2.05, 4.69) is 6.92 Å². The highest BCUT2D eigenvalue weighted by atomic mass is 14.7. The lowest BCUT2D eigenvalue weighted by atomic mass is 10.0. The molecule has 4 aliphatic carbocycles. The third kappa shape index (κ3) is 0.222. The van der Waals surface area contributed by atoms with Gasteiger partial charge in [-0.15, -0.1) is 0 Å². The predicted molar refractivity (Wildman–Crippen MR) is 32.4 cm³/mol. The first-order valence-corrected chi connectivity index (χ1v) is 3.88. The van der Waals surface area contributed by atoms with Crippen molar-refractivity contribution in [3.63, 3.8) is 0 Å². The normalized spacial score (nSPS) is 73.9. The summed E-state index contributed by atoms with van der Waals surface area (Å²) in [5, 5.41) is 0. The molecule has 4 aliphatic rings. The Hall–Kier alpha value is 0. The summed E-state index contributed by atoms with van der Waals surface area (Å²) in [7, 11) is 0. The Morgan fingerprint density at radius 1 is 1.12 bits per heavy atom. The van der Waals surface area contributed by atoms with Crippen LogP contribution < -0.4 is 0 Å². The molecule has 3 unspecified atom stereocenters. The molecule has 4 fully saturated rings. The van der Waals surface area contributed by atoms with Crippen LogP contribution in [0.15, 0.2) is 0 Å². The van der Waals surface area contributed by atoms with Crippen LogP contribution in [0.25, 0.3) is 0 Å². The van der Waals surface area contributed by atoms with Crippen molar-refractivity contribution in [2.45, 2.75) is 19.8 Å². The van der Waals surface area contributed by atoms with Crippen LogP contribution in [0.3, 0.4) is 0 Å². The zero-order valence-electron chi connectivity index (χ0n) is 5.30. The van der Waals surface area contributed by atoms with E-state index >= 15 is 0 Å². The fraction of sp³-hybridized carbons (Fsp3) is 1.00. The molecule has 0 aromatic heterocycles. The fourth-order valence-electron chi connectivity index (χ4n) is 3.46. The Labute approximate surface area is 50.3 Å². The molecule has 4 rings (SSSR count). The molecule has 0 nitrogen and oxygen atoms in total. The van der Waals surface area contributed by atoms with E-state index < -0.39 is 0 Å². The van der Waals surface area contributed by atoms with Gasteiger partial charge in [0.1, 0.15) is 0 Å². The summed E-state index contributed by atoms with van der Waals surface area (Å²) >= 11 is 0. The fourth-order valence-corrected chi connectivity index (χ4v) is 3.46. The highest BCUT2D eigenvalue weighted by Gasteiger charge is 2.66. The van der Waals surface area contributed by atoms with Crippen LogP contribution in [0.4, 0.5) is 0 Å². The predicted octanol–water partition coefficient (Wildman–Crippen LogP) is 1.91. The van der Waals surface area contributed by atoms with Gasteiger partial charge in [0.25, 0.3) is 0 Å². The maximum absolute atomic E-state index is 2.46. The van der Waals surface area contributed by atoms with E-state index in [1.54, 1.807) is 12.8 Å². The molecule has 0 heteroatoms. The average Bonchev–Trinajstić information content (AvgIpc) is 2.23. The minimum Gasteiger partial charge on any atom is -0.0620 e. The molecule has 0 saturated heterocycles. The van der Waals surface area contributed by atoms with E-state index in [1.165, 1.54) is 23.7 Å². The summed E-state index contributed by atoms with van der Waals surface area (Å²) in [6, 6.07) is 0. The highest BCUT2D eigenvalue weighted by Crippen LogP contribution is 2.72. The van der Waals surface area contributed by atoms with E-state index in [-0.39, 0.29) is 0 Å². The Balaban J connectivity index is 2.10. The molecule has 0 aromatic rings. The molecular formula is C8H12. The standard InChI is InChI=1S/C8H12/c1-4-5-2-6-7(3-5)8(4)6/h4-8H,2-3H2,1H3. The van der Waals surface area contributed by atoms with Crippen molar-refractivity contribution in [2.24, 2.45) is 29.6 Å². The number of hydrogen-bond acceptors (Lipinski definition) is 0. The van der Waals surface area contributed by atoms with E-state index in [0.717, 1.165) is 5.92 Å². The van der Waals surface area contributed by atoms with Crippen molar-refractivity contribution in [3.8, 4) is 0 Å². The van der Waals surface area contributed by atoms with Gasteiger partial charge >= 0.3 is 0 Å². The summed E-state index contributed by atoms with van der Waals surface area (Å²) in [6.07, 6.45) is 3.22. The van der Waals surface area contributed by atoms with Gasteiger partial charge in [-0.2, -0.15) is 0 Å². The zero-order valence-corrected chi connectivity index (χ0v) is 5.30. The largest absolute Gasteiger partial charge is 0.0620 e. The van der Waals surface area contributed by atoms with Crippen molar-refractivity contribution >= 4 is 0 Å². The van der Waals surface area contributed by atoms with Gasteiger partial charge in [0.2, 0.25) is 0 Å². The minimum absolute atomic E-state index is 1.13. The summed E-state index contributed by atoms with van der Waals surface area (Å²) in [5.74, 6) is 5.99. The molecule has 0 heterocycles. The van der Waals surface area contributed by atoms with Gasteiger partial charge in [0, 0.05) is 0 Å². The highest BCUT2D eigenvalue weighted by molar-refractivity contribution is 5.14. The third-order valence-corrected chi connectivity index (χ3v) is 3.90. The second-order valence-electron chi connectivity index (χ2n) is 4.00. The summed E-state index contributed by atoms with van der Waals surface area (Å²) in [4.78, 5) is 0. The monoisotopic (exact) mass is 108 g/mol. The summed E-state index contributed by atoms with van der Waals surface area (Å²) in [6.45, 7) is 2.46. The van der Waals surface area contributed by atoms with E-state index in [4.69, 9.17) is 0 Å². The van der Waals surface area contributed by atoms with E-state index in [1.807, 2.05) is 0 Å². The van der Waals surface area contributed by atoms with Crippen molar-refractivity contribution in [2.75, 3.05) is 0 Å². The van der Waals surface area contributed by atoms with Crippen molar-refractivity contribution < 1.29 is 0 Å². The first-order chi connectivity index (χ1) is 3.88. The Bertz CT molecular complexity index is 125. The van der Waals surface area contributed by atoms with Gasteiger partial charge in [-0.1, -0.05) is 6.92 Å². The lowest BCUT2D eigenvalue weighted by Crippen LogP contribution is -1.97. The molecule has 44 valence electrons. The van der Waals surface area contributed by atoms with Gasteiger partial charge < -0.3 is 0 Å². The van der Waals surface area contributed by atoms with Crippen molar-refractivity contribution in [1.82, 2.24) is 0 Å². The molecule has 3 atom stereocenters. The number of hydrogen-bond donors (Lipinski definition) is 0. The third-order valence-electron chi connectivity index (χ3n) is 3.90. The van der Waals surface area contributed by atoms with Crippen molar-refractivity contribution in [3.05, 3.63) is 0 Å². The topological polar surface area (TPSA) is 0 Å². The molecule has 0 aliphatic heterocycles. The molecule has 0 N–H and O–H groups in total. The lowest BCUT2D eigenvalue weighted by Gasteiger charge is -2.04. The maximum Gasteiger partial charge on any atom is -0.0323 e. The van der Waals surface area contributed by atoms with Crippen LogP contribution in [-0.4, -0.2) is 0 Å². The Morgan fingerprint density at radius 2 is 1.75 bits per heavy atom. The molecule has 0 amide bonds. The number of rotatable bonds is 0. The molecule has 8 heavy (non-hydrogen) atoms.